The number of hydrogen-bond donors (Lipinski definition) is 6. The van der Waals surface area contributed by atoms with Crippen LogP contribution >= 0.6 is 0 Å². The maximum absolute atomic E-state index is 12.8. The van der Waals surface area contributed by atoms with Crippen LogP contribution in [0.4, 0.5) is 0 Å². The summed E-state index contributed by atoms with van der Waals surface area (Å²) in [5, 5.41) is 23.7. The molecule has 10 rings (SSSR count). The van der Waals surface area contributed by atoms with Crippen LogP contribution in [0.2, 0.25) is 0 Å². The number of unbranched alkanes of at least 4 members (excludes halogenated alkanes) is 18. The molecule has 0 aliphatic carbocycles. The molecule has 0 aliphatic rings. The molecule has 0 unspecified atom stereocenters. The summed E-state index contributed by atoms with van der Waals surface area (Å²) in [6.07, 6.45) is 40.4. The van der Waals surface area contributed by atoms with Gasteiger partial charge in [0.1, 0.15) is 0 Å². The summed E-state index contributed by atoms with van der Waals surface area (Å²) in [6, 6.07) is 71.3. The minimum Gasteiger partial charge on any atom is -0.490 e. The number of ether oxygens (including phenoxy) is 6. The van der Waals surface area contributed by atoms with Crippen molar-refractivity contribution in [2.24, 2.45) is 0 Å². The van der Waals surface area contributed by atoms with Gasteiger partial charge in [-0.15, -0.1) is 0 Å². The van der Waals surface area contributed by atoms with Crippen molar-refractivity contribution in [3.05, 3.63) is 288 Å². The second kappa shape index (κ2) is 57.5. The van der Waals surface area contributed by atoms with E-state index in [2.05, 4.69) is 68.3 Å². The molecular weight excluding hydrogens is 1570 g/mol. The number of fused-ring (bicyclic) bond motifs is 6. The molecule has 10 aromatic carbocycles. The third-order valence-corrected chi connectivity index (χ3v) is 21.3. The van der Waals surface area contributed by atoms with Crippen molar-refractivity contribution in [2.45, 2.75) is 154 Å². The van der Waals surface area contributed by atoms with Crippen molar-refractivity contribution >= 4 is 104 Å². The molecule has 10 aromatic rings. The molecule has 126 heavy (non-hydrogen) atoms. The zero-order valence-corrected chi connectivity index (χ0v) is 73.1. The molecule has 0 bridgehead atoms. The van der Waals surface area contributed by atoms with E-state index in [0.29, 0.717) is 113 Å². The van der Waals surface area contributed by atoms with Gasteiger partial charge in [-0.25, -0.2) is 0 Å². The molecule has 6 amide bonds. The van der Waals surface area contributed by atoms with Gasteiger partial charge in [-0.3, -0.25) is 28.8 Å². The highest BCUT2D eigenvalue weighted by atomic mass is 16.5. The Hall–Kier alpha value is -13.0. The average molecular weight is 1700 g/mol. The average Bonchev–Trinajstić information content (AvgIpc) is 0.724. The van der Waals surface area contributed by atoms with Gasteiger partial charge >= 0.3 is 0 Å². The molecule has 0 saturated heterocycles. The molecule has 18 heteroatoms. The maximum Gasteiger partial charge on any atom is 0.243 e. The summed E-state index contributed by atoms with van der Waals surface area (Å²) in [5.74, 6) is 2.84. The van der Waals surface area contributed by atoms with E-state index in [1.54, 1.807) is 36.5 Å². The summed E-state index contributed by atoms with van der Waals surface area (Å²) in [5.41, 5.74) is 5.78. The Kier molecular flexibility index (Phi) is 43.5. The van der Waals surface area contributed by atoms with Gasteiger partial charge in [0.25, 0.3) is 0 Å². The predicted octanol–water partition coefficient (Wildman–Crippen LogP) is 21.8. The molecule has 0 saturated carbocycles. The lowest BCUT2D eigenvalue weighted by atomic mass is 9.93. The lowest BCUT2D eigenvalue weighted by Crippen LogP contribution is -2.22. The van der Waals surface area contributed by atoms with Crippen LogP contribution in [0.1, 0.15) is 187 Å². The van der Waals surface area contributed by atoms with Crippen LogP contribution in [0.25, 0.3) is 68.8 Å². The molecule has 0 radical (unpaired) electrons. The highest BCUT2D eigenvalue weighted by Crippen LogP contribution is 2.48. The van der Waals surface area contributed by atoms with Gasteiger partial charge in [0.15, 0.2) is 34.5 Å². The molecule has 660 valence electrons. The summed E-state index contributed by atoms with van der Waals surface area (Å²) >= 11 is 0. The third kappa shape index (κ3) is 36.8. The fourth-order valence-electron chi connectivity index (χ4n) is 14.3. The number of hydrogen-bond acceptors (Lipinski definition) is 12. The third-order valence-electron chi connectivity index (χ3n) is 21.3. The first kappa shape index (κ1) is 95.3. The smallest absolute Gasteiger partial charge is 0.243 e. The van der Waals surface area contributed by atoms with Crippen LogP contribution in [0.5, 0.6) is 34.5 Å². The normalized spacial score (nSPS) is 11.5. The van der Waals surface area contributed by atoms with E-state index < -0.39 is 0 Å². The fraction of sp³-hybridized carbons (Fsp3) is 0.333. The second-order valence-corrected chi connectivity index (χ2v) is 31.3. The Balaban J connectivity index is 0.925. The number of rotatable bonds is 60. The van der Waals surface area contributed by atoms with Crippen LogP contribution in [0, 0.1) is 0 Å². The van der Waals surface area contributed by atoms with Gasteiger partial charge in [-0.1, -0.05) is 259 Å². The predicted molar refractivity (Wildman–Crippen MR) is 514 cm³/mol. The Morgan fingerprint density at radius 2 is 0.317 bits per heavy atom. The van der Waals surface area contributed by atoms with Gasteiger partial charge in [0, 0.05) is 75.7 Å². The van der Waals surface area contributed by atoms with Gasteiger partial charge < -0.3 is 60.3 Å². The van der Waals surface area contributed by atoms with Crippen molar-refractivity contribution in [2.75, 3.05) is 78.9 Å². The second-order valence-electron chi connectivity index (χ2n) is 31.3. The molecule has 0 atom stereocenters. The van der Waals surface area contributed by atoms with Crippen molar-refractivity contribution in [1.82, 2.24) is 31.9 Å². The molecule has 0 aromatic heterocycles. The Bertz CT molecular complexity index is 4260. The largest absolute Gasteiger partial charge is 0.490 e. The zero-order chi connectivity index (χ0) is 87.7. The standard InChI is InChI=1S/C108H126N6O12/c115-103(61-55-85-43-19-13-20-44-85)109-67-31-1-7-37-73-121-97-79-91-92(80-98(97)122-74-38-8-2-32-68-110-104(116)62-56-86-45-21-14-22-46-86)94-82-100(124-76-40-10-4-34-70-112-106(118)64-58-88-49-25-16-26-50-88)102(126-78-42-12-6-36-72-114-108(120)66-60-90-53-29-18-30-54-90)84-96(94)95-83-101(125-77-41-11-5-35-71-113-107(119)65-59-89-51-27-17-28-52-89)99(81-93(91)95)123-75-39-9-3-33-69-111-105(117)63-57-87-47-23-15-24-48-87/h13-30,43-66,79-84H,1-12,31-42,67-78H2,(H,109,115)(H,110,116)(H,111,117)(H,112,118)(H,113,119)(H,114,120). The lowest BCUT2D eigenvalue weighted by Gasteiger charge is -2.21. The molecule has 0 fully saturated rings. The summed E-state index contributed by atoms with van der Waals surface area (Å²) in [4.78, 5) is 76.6. The highest BCUT2D eigenvalue weighted by molar-refractivity contribution is 6.27. The first-order valence-electron chi connectivity index (χ1n) is 45.4. The zero-order valence-electron chi connectivity index (χ0n) is 73.1. The number of benzene rings is 10. The minimum atomic E-state index is -0.126. The van der Waals surface area contributed by atoms with E-state index >= 15 is 0 Å². The van der Waals surface area contributed by atoms with Gasteiger partial charge in [-0.05, 0) is 216 Å². The summed E-state index contributed by atoms with van der Waals surface area (Å²) < 4.78 is 41.5. The van der Waals surface area contributed by atoms with E-state index in [0.717, 1.165) is 220 Å². The molecule has 18 nitrogen and oxygen atoms in total. The van der Waals surface area contributed by atoms with Crippen LogP contribution in [-0.2, 0) is 28.8 Å². The van der Waals surface area contributed by atoms with E-state index in [1.165, 1.54) is 0 Å². The van der Waals surface area contributed by atoms with Crippen LogP contribution < -0.4 is 60.3 Å². The highest BCUT2D eigenvalue weighted by Gasteiger charge is 2.22. The first-order valence-corrected chi connectivity index (χ1v) is 45.4. The van der Waals surface area contributed by atoms with Crippen LogP contribution in [0.15, 0.2) is 255 Å². The van der Waals surface area contributed by atoms with Crippen LogP contribution in [-0.4, -0.2) is 114 Å². The minimum absolute atomic E-state index is 0.126. The maximum atomic E-state index is 12.8. The van der Waals surface area contributed by atoms with E-state index in [1.807, 2.05) is 218 Å². The van der Waals surface area contributed by atoms with Gasteiger partial charge in [-0.2, -0.15) is 0 Å². The monoisotopic (exact) mass is 1700 g/mol. The molecule has 0 heterocycles. The first-order chi connectivity index (χ1) is 62.1. The summed E-state index contributed by atoms with van der Waals surface area (Å²) in [6.45, 7) is 5.85. The lowest BCUT2D eigenvalue weighted by molar-refractivity contribution is -0.117. The Morgan fingerprint density at radius 1 is 0.183 bits per heavy atom. The summed E-state index contributed by atoms with van der Waals surface area (Å²) in [7, 11) is 0. The quantitative estimate of drug-likeness (QED) is 0.0119. The van der Waals surface area contributed by atoms with E-state index in [9.17, 15) is 28.8 Å². The topological polar surface area (TPSA) is 230 Å². The molecule has 0 aliphatic heterocycles. The number of carbonyl (C=O) groups excluding carboxylic acids is 6. The molecule has 0 spiro atoms. The fourth-order valence-corrected chi connectivity index (χ4v) is 14.3. The van der Waals surface area contributed by atoms with Crippen molar-refractivity contribution in [3.8, 4) is 34.5 Å². The Labute approximate surface area is 744 Å². The van der Waals surface area contributed by atoms with E-state index in [-0.39, 0.29) is 35.4 Å². The van der Waals surface area contributed by atoms with Crippen molar-refractivity contribution in [3.63, 3.8) is 0 Å². The number of amides is 6. The van der Waals surface area contributed by atoms with Gasteiger partial charge in [0.2, 0.25) is 35.4 Å². The molecule has 6 N–H and O–H groups in total. The number of nitrogens with one attached hydrogen (secondary N) is 6. The Morgan fingerprint density at radius 3 is 0.460 bits per heavy atom. The van der Waals surface area contributed by atoms with Crippen molar-refractivity contribution in [1.29, 1.82) is 0 Å². The van der Waals surface area contributed by atoms with Gasteiger partial charge in [0.05, 0.1) is 39.6 Å². The SMILES string of the molecule is O=C(C=Cc1ccccc1)NCCCCCCOc1cc2c3cc(OCCCCCCNC(=O)C=Cc4ccccc4)c(OCCCCCCNC(=O)C=Cc4ccccc4)cc3c3cc(OCCCCCCNC(=O)C=Cc4ccccc4)c(OCCCCCCNC(=O)C=Cc4ccccc4)cc3c2cc1OCCCCCCNC(=O)C=Cc1ccccc1. The number of carbonyl (C=O) groups is 6. The van der Waals surface area contributed by atoms with E-state index in [4.69, 9.17) is 28.4 Å². The van der Waals surface area contributed by atoms with Crippen LogP contribution in [0.3, 0.4) is 0 Å². The van der Waals surface area contributed by atoms with Crippen molar-refractivity contribution < 1.29 is 57.2 Å². The molecular formula is C108H126N6O12.